The third kappa shape index (κ3) is 6.05. The largest absolute Gasteiger partial charge is 0.355 e. The molecule has 1 fully saturated rings. The molecule has 0 spiro atoms. The molecule has 0 saturated carbocycles. The van der Waals surface area contributed by atoms with Crippen LogP contribution in [0.5, 0.6) is 0 Å². The van der Waals surface area contributed by atoms with Gasteiger partial charge >= 0.3 is 0 Å². The minimum Gasteiger partial charge on any atom is -0.355 e. The van der Waals surface area contributed by atoms with Crippen LogP contribution in [0, 0.1) is 5.92 Å². The second kappa shape index (κ2) is 8.91. The molecule has 1 unspecified atom stereocenters. The van der Waals surface area contributed by atoms with Gasteiger partial charge in [-0.15, -0.1) is 0 Å². The molecule has 0 aliphatic carbocycles. The average molecular weight is 269 g/mol. The normalized spacial score (nSPS) is 17.1. The molecule has 1 aliphatic rings. The molecule has 1 heterocycles. The lowest BCUT2D eigenvalue weighted by molar-refractivity contribution is -0.132. The van der Waals surface area contributed by atoms with Crippen molar-refractivity contribution in [3.05, 3.63) is 0 Å². The summed E-state index contributed by atoms with van der Waals surface area (Å²) in [5.74, 6) is 0.170. The maximum Gasteiger partial charge on any atom is 0.224 e. The lowest BCUT2D eigenvalue weighted by Crippen LogP contribution is -2.38. The second-order valence-electron chi connectivity index (χ2n) is 5.31. The SMILES string of the molecule is CC(CCCN)C(=O)NCCC(=O)N1CCCCC1. The fourth-order valence-electron chi connectivity index (χ4n) is 2.32. The minimum atomic E-state index is -0.0198. The number of nitrogens with two attached hydrogens (primary N) is 1. The van der Waals surface area contributed by atoms with Gasteiger partial charge < -0.3 is 16.0 Å². The maximum atomic E-state index is 11.9. The predicted octanol–water partition coefficient (Wildman–Crippen LogP) is 0.880. The summed E-state index contributed by atoms with van der Waals surface area (Å²) in [7, 11) is 0. The van der Waals surface area contributed by atoms with E-state index < -0.39 is 0 Å². The zero-order valence-electron chi connectivity index (χ0n) is 12.0. The van der Waals surface area contributed by atoms with Crippen LogP contribution in [0.2, 0.25) is 0 Å². The van der Waals surface area contributed by atoms with Gasteiger partial charge in [0.1, 0.15) is 0 Å². The number of hydrogen-bond donors (Lipinski definition) is 2. The van der Waals surface area contributed by atoms with Gasteiger partial charge in [0.15, 0.2) is 0 Å². The van der Waals surface area contributed by atoms with E-state index in [0.29, 0.717) is 19.5 Å². The molecule has 19 heavy (non-hydrogen) atoms. The Balaban J connectivity index is 2.14. The Bertz CT molecular complexity index is 288. The van der Waals surface area contributed by atoms with Crippen molar-refractivity contribution in [2.45, 2.75) is 45.4 Å². The second-order valence-corrected chi connectivity index (χ2v) is 5.31. The smallest absolute Gasteiger partial charge is 0.224 e. The summed E-state index contributed by atoms with van der Waals surface area (Å²) < 4.78 is 0. The van der Waals surface area contributed by atoms with Gasteiger partial charge in [-0.25, -0.2) is 0 Å². The van der Waals surface area contributed by atoms with Gasteiger partial charge in [-0.1, -0.05) is 6.92 Å². The molecule has 0 aromatic carbocycles. The summed E-state index contributed by atoms with van der Waals surface area (Å²) in [5.41, 5.74) is 5.42. The Morgan fingerprint density at radius 3 is 2.58 bits per heavy atom. The van der Waals surface area contributed by atoms with Crippen LogP contribution >= 0.6 is 0 Å². The Kier molecular flexibility index (Phi) is 7.48. The van der Waals surface area contributed by atoms with E-state index in [1.807, 2.05) is 11.8 Å². The van der Waals surface area contributed by atoms with Crippen molar-refractivity contribution < 1.29 is 9.59 Å². The van der Waals surface area contributed by atoms with Crippen LogP contribution in [0.4, 0.5) is 0 Å². The van der Waals surface area contributed by atoms with Crippen LogP contribution in [0.3, 0.4) is 0 Å². The third-order valence-electron chi connectivity index (χ3n) is 3.64. The van der Waals surface area contributed by atoms with Gasteiger partial charge in [0.2, 0.25) is 11.8 Å². The number of piperidine rings is 1. The van der Waals surface area contributed by atoms with Crippen molar-refractivity contribution in [3.63, 3.8) is 0 Å². The molecule has 0 aromatic rings. The van der Waals surface area contributed by atoms with Gasteiger partial charge in [0, 0.05) is 32.0 Å². The fraction of sp³-hybridized carbons (Fsp3) is 0.857. The molecule has 2 amide bonds. The zero-order chi connectivity index (χ0) is 14.1. The number of amides is 2. The molecule has 1 aliphatic heterocycles. The van der Waals surface area contributed by atoms with Crippen LogP contribution in [0.1, 0.15) is 45.4 Å². The van der Waals surface area contributed by atoms with E-state index in [1.54, 1.807) is 0 Å². The maximum absolute atomic E-state index is 11.9. The fourth-order valence-corrected chi connectivity index (χ4v) is 2.32. The van der Waals surface area contributed by atoms with Crippen molar-refractivity contribution in [2.75, 3.05) is 26.2 Å². The first-order valence-corrected chi connectivity index (χ1v) is 7.40. The number of likely N-dealkylation sites (tertiary alicyclic amines) is 1. The number of carbonyl (C=O) groups excluding carboxylic acids is 2. The van der Waals surface area contributed by atoms with Crippen molar-refractivity contribution in [1.82, 2.24) is 10.2 Å². The predicted molar refractivity (Wildman–Crippen MR) is 75.5 cm³/mol. The quantitative estimate of drug-likeness (QED) is 0.720. The molecule has 3 N–H and O–H groups in total. The van der Waals surface area contributed by atoms with Gasteiger partial charge in [0.25, 0.3) is 0 Å². The summed E-state index contributed by atoms with van der Waals surface area (Å²) in [6, 6.07) is 0. The van der Waals surface area contributed by atoms with Crippen LogP contribution in [0.15, 0.2) is 0 Å². The van der Waals surface area contributed by atoms with E-state index in [-0.39, 0.29) is 17.7 Å². The monoisotopic (exact) mass is 269 g/mol. The lowest BCUT2D eigenvalue weighted by Gasteiger charge is -2.26. The van der Waals surface area contributed by atoms with Gasteiger partial charge in [-0.3, -0.25) is 9.59 Å². The van der Waals surface area contributed by atoms with Crippen LogP contribution in [-0.2, 0) is 9.59 Å². The van der Waals surface area contributed by atoms with Crippen LogP contribution in [-0.4, -0.2) is 42.9 Å². The first-order valence-electron chi connectivity index (χ1n) is 7.40. The molecule has 110 valence electrons. The highest BCUT2D eigenvalue weighted by Crippen LogP contribution is 2.09. The topological polar surface area (TPSA) is 75.4 Å². The minimum absolute atomic E-state index is 0.0198. The molecular formula is C14H27N3O2. The van der Waals surface area contributed by atoms with Crippen molar-refractivity contribution in [3.8, 4) is 0 Å². The highest BCUT2D eigenvalue weighted by atomic mass is 16.2. The van der Waals surface area contributed by atoms with Gasteiger partial charge in [0.05, 0.1) is 0 Å². The zero-order valence-corrected chi connectivity index (χ0v) is 12.0. The van der Waals surface area contributed by atoms with Gasteiger partial charge in [-0.05, 0) is 38.6 Å². The van der Waals surface area contributed by atoms with E-state index in [0.717, 1.165) is 38.8 Å². The summed E-state index contributed by atoms with van der Waals surface area (Å²) >= 11 is 0. The number of nitrogens with zero attached hydrogens (tertiary/aromatic N) is 1. The standard InChI is InChI=1S/C14H27N3O2/c1-12(6-5-8-15)14(19)16-9-7-13(18)17-10-3-2-4-11-17/h12H,2-11,15H2,1H3,(H,16,19). The molecule has 0 bridgehead atoms. The third-order valence-corrected chi connectivity index (χ3v) is 3.64. The van der Waals surface area contributed by atoms with E-state index >= 15 is 0 Å². The van der Waals surface area contributed by atoms with Crippen LogP contribution < -0.4 is 11.1 Å². The van der Waals surface area contributed by atoms with Crippen molar-refractivity contribution >= 4 is 11.8 Å². The Hall–Kier alpha value is -1.10. The molecule has 1 rings (SSSR count). The van der Waals surface area contributed by atoms with Crippen molar-refractivity contribution in [1.29, 1.82) is 0 Å². The lowest BCUT2D eigenvalue weighted by atomic mass is 10.0. The van der Waals surface area contributed by atoms with E-state index in [2.05, 4.69) is 5.32 Å². The summed E-state index contributed by atoms with van der Waals surface area (Å²) in [5, 5.41) is 2.83. The summed E-state index contributed by atoms with van der Waals surface area (Å²) in [4.78, 5) is 25.5. The molecule has 5 nitrogen and oxygen atoms in total. The first kappa shape index (κ1) is 16.0. The molecule has 1 atom stereocenters. The first-order chi connectivity index (χ1) is 9.15. The highest BCUT2D eigenvalue weighted by molar-refractivity contribution is 5.80. The highest BCUT2D eigenvalue weighted by Gasteiger charge is 2.17. The Morgan fingerprint density at radius 2 is 1.95 bits per heavy atom. The van der Waals surface area contributed by atoms with E-state index in [4.69, 9.17) is 5.73 Å². The molecular weight excluding hydrogens is 242 g/mol. The number of nitrogens with one attached hydrogen (secondary N) is 1. The molecule has 0 aromatic heterocycles. The Morgan fingerprint density at radius 1 is 1.26 bits per heavy atom. The van der Waals surface area contributed by atoms with Gasteiger partial charge in [-0.2, -0.15) is 0 Å². The average Bonchev–Trinajstić information content (AvgIpc) is 2.45. The summed E-state index contributed by atoms with van der Waals surface area (Å²) in [6.45, 7) is 4.71. The summed E-state index contributed by atoms with van der Waals surface area (Å²) in [6.07, 6.45) is 5.51. The number of rotatable bonds is 7. The van der Waals surface area contributed by atoms with E-state index in [1.165, 1.54) is 6.42 Å². The van der Waals surface area contributed by atoms with Crippen LogP contribution in [0.25, 0.3) is 0 Å². The molecule has 1 saturated heterocycles. The number of carbonyl (C=O) groups is 2. The number of hydrogen-bond acceptors (Lipinski definition) is 3. The Labute approximate surface area is 115 Å². The van der Waals surface area contributed by atoms with E-state index in [9.17, 15) is 9.59 Å². The molecule has 5 heteroatoms. The molecule has 0 radical (unpaired) electrons. The van der Waals surface area contributed by atoms with Crippen molar-refractivity contribution in [2.24, 2.45) is 11.7 Å².